The summed E-state index contributed by atoms with van der Waals surface area (Å²) in [5, 5.41) is 0. The second kappa shape index (κ2) is 4.00. The number of hydrogen-bond acceptors (Lipinski definition) is 1. The van der Waals surface area contributed by atoms with E-state index in [4.69, 9.17) is 5.73 Å². The number of rotatable bonds is 3. The predicted molar refractivity (Wildman–Crippen MR) is 36.8 cm³/mol. The molecule has 1 unspecified atom stereocenters. The van der Waals surface area contributed by atoms with Crippen LogP contribution in [-0.2, 0) is 4.79 Å². The first-order chi connectivity index (χ1) is 4.83. The number of alkyl halides is 3. The van der Waals surface area contributed by atoms with Crippen LogP contribution in [0.5, 0.6) is 0 Å². The third-order valence-electron chi connectivity index (χ3n) is 1.10. The van der Waals surface area contributed by atoms with Gasteiger partial charge in [-0.1, -0.05) is 0 Å². The number of carbonyl (C=O) groups is 1. The zero-order valence-electron chi connectivity index (χ0n) is 5.69. The molecular formula is C5H9AsF3NO. The summed E-state index contributed by atoms with van der Waals surface area (Å²) in [5.74, 6) is -0.658. The van der Waals surface area contributed by atoms with Crippen molar-refractivity contribution in [2.45, 2.75) is 23.7 Å². The molecule has 11 heavy (non-hydrogen) atoms. The van der Waals surface area contributed by atoms with E-state index >= 15 is 0 Å². The van der Waals surface area contributed by atoms with Crippen molar-refractivity contribution >= 4 is 22.8 Å². The molecule has 2 atom stereocenters. The van der Waals surface area contributed by atoms with Gasteiger partial charge in [-0.05, 0) is 0 Å². The second-order valence-corrected chi connectivity index (χ2v) is 3.85. The van der Waals surface area contributed by atoms with Crippen molar-refractivity contribution in [2.24, 2.45) is 5.73 Å². The summed E-state index contributed by atoms with van der Waals surface area (Å²) in [6.07, 6.45) is -5.31. The van der Waals surface area contributed by atoms with E-state index in [1.165, 1.54) is 0 Å². The molecule has 0 radical (unpaired) electrons. The molecule has 0 aliphatic heterocycles. The van der Waals surface area contributed by atoms with Crippen LogP contribution in [0.1, 0.15) is 12.8 Å². The van der Waals surface area contributed by atoms with Gasteiger partial charge in [0.1, 0.15) is 0 Å². The molecule has 0 rings (SSSR count). The van der Waals surface area contributed by atoms with Crippen molar-refractivity contribution in [1.82, 2.24) is 0 Å². The summed E-state index contributed by atoms with van der Waals surface area (Å²) in [7, 11) is 0. The fourth-order valence-corrected chi connectivity index (χ4v) is 0.811. The Kier molecular flexibility index (Phi) is 3.93. The van der Waals surface area contributed by atoms with Gasteiger partial charge in [-0.3, -0.25) is 0 Å². The third-order valence-corrected chi connectivity index (χ3v) is 2.49. The van der Waals surface area contributed by atoms with E-state index < -0.39 is 23.2 Å². The van der Waals surface area contributed by atoms with Crippen LogP contribution in [0.25, 0.3) is 0 Å². The number of amides is 1. The normalized spacial score (nSPS) is 14.5. The molecule has 2 nitrogen and oxygen atoms in total. The van der Waals surface area contributed by atoms with Crippen molar-refractivity contribution in [3.05, 3.63) is 0 Å². The second-order valence-electron chi connectivity index (χ2n) is 2.16. The van der Waals surface area contributed by atoms with Gasteiger partial charge in [0.25, 0.3) is 0 Å². The van der Waals surface area contributed by atoms with Gasteiger partial charge in [0, 0.05) is 0 Å². The Morgan fingerprint density at radius 1 is 1.55 bits per heavy atom. The van der Waals surface area contributed by atoms with Crippen LogP contribution in [0.2, 0.25) is 4.71 Å². The van der Waals surface area contributed by atoms with Crippen molar-refractivity contribution in [2.75, 3.05) is 0 Å². The van der Waals surface area contributed by atoms with E-state index in [9.17, 15) is 18.0 Å². The van der Waals surface area contributed by atoms with Gasteiger partial charge < -0.3 is 0 Å². The summed E-state index contributed by atoms with van der Waals surface area (Å²) in [6.45, 7) is 0. The molecule has 0 spiro atoms. The van der Waals surface area contributed by atoms with Crippen LogP contribution < -0.4 is 5.73 Å². The summed E-state index contributed by atoms with van der Waals surface area (Å²) in [6, 6.07) is 0. The standard InChI is InChI=1S/C5H9AsF3NO/c6-3(4(10)11)1-2-5(7,8)9/h3H,1-2,6H2,(H2,10,11)/t3-/m1/s1. The van der Waals surface area contributed by atoms with E-state index in [1.54, 1.807) is 0 Å². The van der Waals surface area contributed by atoms with E-state index in [0.717, 1.165) is 16.9 Å². The van der Waals surface area contributed by atoms with Crippen LogP contribution in [-0.4, -0.2) is 28.9 Å². The van der Waals surface area contributed by atoms with Crippen molar-refractivity contribution in [3.63, 3.8) is 0 Å². The van der Waals surface area contributed by atoms with Crippen LogP contribution >= 0.6 is 0 Å². The fraction of sp³-hybridized carbons (Fsp3) is 0.800. The fourth-order valence-electron chi connectivity index (χ4n) is 0.461. The number of carbonyl (C=O) groups excluding carboxylic acids is 1. The molecule has 0 aliphatic carbocycles. The average molecular weight is 231 g/mol. The molecule has 0 heterocycles. The Morgan fingerprint density at radius 3 is 2.27 bits per heavy atom. The summed E-state index contributed by atoms with van der Waals surface area (Å²) in [4.78, 5) is 10.3. The first-order valence-electron chi connectivity index (χ1n) is 2.94. The Labute approximate surface area is 70.8 Å². The molecule has 0 aliphatic rings. The van der Waals surface area contributed by atoms with Crippen LogP contribution in [0.15, 0.2) is 0 Å². The molecule has 0 aromatic rings. The number of primary amides is 1. The van der Waals surface area contributed by atoms with E-state index in [0.29, 0.717) is 0 Å². The average Bonchev–Trinajstić information content (AvgIpc) is 1.80. The minimum absolute atomic E-state index is 0.196. The van der Waals surface area contributed by atoms with Crippen LogP contribution in [0.4, 0.5) is 13.2 Å². The first-order valence-corrected chi connectivity index (χ1v) is 4.34. The van der Waals surface area contributed by atoms with Crippen LogP contribution in [0.3, 0.4) is 0 Å². The first kappa shape index (κ1) is 10.8. The molecular weight excluding hydrogens is 222 g/mol. The summed E-state index contributed by atoms with van der Waals surface area (Å²) < 4.78 is 34.0. The maximum atomic E-state index is 11.5. The van der Waals surface area contributed by atoms with Gasteiger partial charge >= 0.3 is 70.2 Å². The molecule has 0 saturated carbocycles. The van der Waals surface area contributed by atoms with Crippen molar-refractivity contribution in [1.29, 1.82) is 0 Å². The Bertz CT molecular complexity index is 147. The molecule has 66 valence electrons. The Morgan fingerprint density at radius 2 is 2.00 bits per heavy atom. The Hall–Kier alpha value is -0.182. The van der Waals surface area contributed by atoms with Gasteiger partial charge in [-0.15, -0.1) is 0 Å². The van der Waals surface area contributed by atoms with Crippen LogP contribution in [0, 0.1) is 0 Å². The molecule has 0 aromatic carbocycles. The quantitative estimate of drug-likeness (QED) is 0.694. The topological polar surface area (TPSA) is 43.1 Å². The SMILES string of the molecule is NC(=O)[C@H]([AsH2])CCC(F)(F)F. The number of nitrogens with two attached hydrogens (primary N) is 1. The van der Waals surface area contributed by atoms with Crippen molar-refractivity contribution < 1.29 is 18.0 Å². The molecule has 0 saturated heterocycles. The number of hydrogen-bond donors (Lipinski definition) is 1. The van der Waals surface area contributed by atoms with Gasteiger partial charge in [0.2, 0.25) is 0 Å². The van der Waals surface area contributed by atoms with E-state index in [1.807, 2.05) is 0 Å². The Balaban J connectivity index is 3.63. The molecule has 0 aromatic heterocycles. The van der Waals surface area contributed by atoms with Gasteiger partial charge in [0.05, 0.1) is 0 Å². The number of halogens is 3. The molecule has 0 bridgehead atoms. The molecule has 2 N–H and O–H groups in total. The zero-order chi connectivity index (χ0) is 9.07. The zero-order valence-corrected chi connectivity index (χ0v) is 8.11. The maximum absolute atomic E-state index is 11.5. The molecule has 6 heteroatoms. The van der Waals surface area contributed by atoms with Crippen molar-refractivity contribution in [3.8, 4) is 0 Å². The van der Waals surface area contributed by atoms with Gasteiger partial charge in [-0.25, -0.2) is 0 Å². The predicted octanol–water partition coefficient (Wildman–Crippen LogP) is 0.236. The molecule has 0 fully saturated rings. The van der Waals surface area contributed by atoms with Gasteiger partial charge in [-0.2, -0.15) is 0 Å². The van der Waals surface area contributed by atoms with E-state index in [2.05, 4.69) is 0 Å². The molecule has 1 amide bonds. The van der Waals surface area contributed by atoms with Gasteiger partial charge in [0.15, 0.2) is 0 Å². The monoisotopic (exact) mass is 231 g/mol. The van der Waals surface area contributed by atoms with E-state index in [-0.39, 0.29) is 6.42 Å². The summed E-state index contributed by atoms with van der Waals surface area (Å²) >= 11 is 0.937. The third kappa shape index (κ3) is 6.23. The minimum atomic E-state index is -4.18. The summed E-state index contributed by atoms with van der Waals surface area (Å²) in [5.41, 5.74) is 4.77.